The van der Waals surface area contributed by atoms with Gasteiger partial charge in [0.05, 0.1) is 19.2 Å². The van der Waals surface area contributed by atoms with Crippen molar-refractivity contribution >= 4 is 41.5 Å². The summed E-state index contributed by atoms with van der Waals surface area (Å²) in [6, 6.07) is 18.6. The maximum absolute atomic E-state index is 11.6. The Morgan fingerprint density at radius 3 is 2.61 bits per heavy atom. The average molecular weight is 566 g/mol. The molecule has 1 fully saturated rings. The van der Waals surface area contributed by atoms with Gasteiger partial charge in [0, 0.05) is 38.5 Å². The molecule has 33 heavy (non-hydrogen) atoms. The van der Waals surface area contributed by atoms with Crippen molar-refractivity contribution in [1.29, 1.82) is 0 Å². The minimum atomic E-state index is 0. The average Bonchev–Trinajstić information content (AvgIpc) is 2.83. The number of anilines is 1. The van der Waals surface area contributed by atoms with Crippen molar-refractivity contribution in [2.75, 3.05) is 44.2 Å². The van der Waals surface area contributed by atoms with Crippen LogP contribution in [0, 0.1) is 0 Å². The number of amides is 1. The third-order valence-corrected chi connectivity index (χ3v) is 5.35. The van der Waals surface area contributed by atoms with Crippen LogP contribution in [0.4, 0.5) is 5.69 Å². The lowest BCUT2D eigenvalue weighted by Crippen LogP contribution is -2.47. The molecule has 1 heterocycles. The number of carbonyl (C=O) groups excluding carboxylic acids is 1. The zero-order valence-corrected chi connectivity index (χ0v) is 21.9. The molecule has 2 aromatic carbocycles. The quantitative estimate of drug-likeness (QED) is 0.178. The molecule has 3 N–H and O–H groups in total. The molecule has 1 amide bonds. The van der Waals surface area contributed by atoms with Crippen LogP contribution in [0.3, 0.4) is 0 Å². The fraction of sp³-hybridized carbons (Fsp3) is 0.440. The molecule has 0 saturated carbocycles. The summed E-state index contributed by atoms with van der Waals surface area (Å²) in [5, 5.41) is 9.53. The number of piperazine rings is 1. The predicted molar refractivity (Wildman–Crippen MR) is 145 cm³/mol. The van der Waals surface area contributed by atoms with Gasteiger partial charge in [-0.05, 0) is 43.5 Å². The van der Waals surface area contributed by atoms with Gasteiger partial charge < -0.3 is 25.6 Å². The van der Waals surface area contributed by atoms with Crippen LogP contribution in [0.2, 0.25) is 0 Å². The number of aliphatic imine (C=N–C) groups is 1. The van der Waals surface area contributed by atoms with Crippen molar-refractivity contribution in [2.24, 2.45) is 4.99 Å². The van der Waals surface area contributed by atoms with E-state index >= 15 is 0 Å². The molecule has 1 aliphatic rings. The highest BCUT2D eigenvalue weighted by Gasteiger charge is 2.16. The lowest BCUT2D eigenvalue weighted by atomic mass is 10.1. The number of ether oxygens (including phenoxy) is 1. The van der Waals surface area contributed by atoms with E-state index in [1.807, 2.05) is 18.2 Å². The summed E-state index contributed by atoms with van der Waals surface area (Å²) in [4.78, 5) is 18.4. The Kier molecular flexibility index (Phi) is 12.0. The van der Waals surface area contributed by atoms with Gasteiger partial charge in [-0.2, -0.15) is 0 Å². The van der Waals surface area contributed by atoms with Crippen molar-refractivity contribution in [3.63, 3.8) is 0 Å². The van der Waals surface area contributed by atoms with Crippen LogP contribution in [0.5, 0.6) is 0 Å². The van der Waals surface area contributed by atoms with Gasteiger partial charge in [0.2, 0.25) is 5.91 Å². The molecule has 0 bridgehead atoms. The summed E-state index contributed by atoms with van der Waals surface area (Å²) in [6.07, 6.45) is 1.00. The molecule has 3 rings (SSSR count). The standard InChI is InChI=1S/C25H35N5O2.HI/c1-3-26-25(28-14-7-17-32-20(2)22-8-5-4-6-9-22)29-18-21-10-12-23(13-11-21)30-16-15-27-24(31)19-30;/h4-6,8-13,20H,3,7,14-19H2,1-2H3,(H,27,31)(H2,26,28,29);1H. The third-order valence-electron chi connectivity index (χ3n) is 5.35. The minimum absolute atomic E-state index is 0. The van der Waals surface area contributed by atoms with Gasteiger partial charge in [0.15, 0.2) is 5.96 Å². The van der Waals surface area contributed by atoms with Crippen LogP contribution in [-0.2, 0) is 16.1 Å². The summed E-state index contributed by atoms with van der Waals surface area (Å²) < 4.78 is 5.94. The predicted octanol–water partition coefficient (Wildman–Crippen LogP) is 3.46. The fourth-order valence-electron chi connectivity index (χ4n) is 3.54. The monoisotopic (exact) mass is 565 g/mol. The molecule has 0 radical (unpaired) electrons. The number of benzene rings is 2. The first kappa shape index (κ1) is 26.9. The van der Waals surface area contributed by atoms with E-state index < -0.39 is 0 Å². The number of hydrogen-bond acceptors (Lipinski definition) is 4. The minimum Gasteiger partial charge on any atom is -0.374 e. The summed E-state index contributed by atoms with van der Waals surface area (Å²) in [5.41, 5.74) is 3.40. The molecule has 1 unspecified atom stereocenters. The van der Waals surface area contributed by atoms with Crippen molar-refractivity contribution in [2.45, 2.75) is 32.9 Å². The van der Waals surface area contributed by atoms with Crippen LogP contribution in [0.25, 0.3) is 0 Å². The first-order chi connectivity index (χ1) is 15.7. The Bertz CT molecular complexity index is 861. The molecule has 1 atom stereocenters. The van der Waals surface area contributed by atoms with E-state index in [1.54, 1.807) is 0 Å². The van der Waals surface area contributed by atoms with Gasteiger partial charge in [0.25, 0.3) is 0 Å². The summed E-state index contributed by atoms with van der Waals surface area (Å²) in [7, 11) is 0. The summed E-state index contributed by atoms with van der Waals surface area (Å²) in [5.74, 6) is 0.881. The molecule has 8 heteroatoms. The van der Waals surface area contributed by atoms with E-state index in [9.17, 15) is 4.79 Å². The fourth-order valence-corrected chi connectivity index (χ4v) is 3.54. The lowest BCUT2D eigenvalue weighted by molar-refractivity contribution is -0.120. The van der Waals surface area contributed by atoms with Crippen molar-refractivity contribution < 1.29 is 9.53 Å². The Morgan fingerprint density at radius 2 is 1.91 bits per heavy atom. The number of hydrogen-bond donors (Lipinski definition) is 3. The maximum atomic E-state index is 11.6. The first-order valence-corrected chi connectivity index (χ1v) is 11.4. The van der Waals surface area contributed by atoms with Crippen molar-refractivity contribution in [3.8, 4) is 0 Å². The lowest BCUT2D eigenvalue weighted by Gasteiger charge is -2.28. The molecule has 180 valence electrons. The van der Waals surface area contributed by atoms with Gasteiger partial charge in [-0.25, -0.2) is 4.99 Å². The van der Waals surface area contributed by atoms with Crippen molar-refractivity contribution in [3.05, 3.63) is 65.7 Å². The van der Waals surface area contributed by atoms with Gasteiger partial charge in [-0.3, -0.25) is 4.79 Å². The Labute approximate surface area is 214 Å². The third kappa shape index (κ3) is 9.21. The second-order valence-electron chi connectivity index (χ2n) is 7.84. The number of rotatable bonds is 10. The molecule has 0 aromatic heterocycles. The Balaban J connectivity index is 0.00000385. The van der Waals surface area contributed by atoms with Gasteiger partial charge in [-0.15, -0.1) is 24.0 Å². The van der Waals surface area contributed by atoms with Crippen LogP contribution >= 0.6 is 24.0 Å². The Morgan fingerprint density at radius 1 is 1.15 bits per heavy atom. The van der Waals surface area contributed by atoms with E-state index in [-0.39, 0.29) is 36.0 Å². The van der Waals surface area contributed by atoms with E-state index in [2.05, 4.69) is 71.1 Å². The molecular weight excluding hydrogens is 529 g/mol. The highest BCUT2D eigenvalue weighted by molar-refractivity contribution is 14.0. The molecule has 0 spiro atoms. The van der Waals surface area contributed by atoms with E-state index in [0.29, 0.717) is 26.2 Å². The normalized spacial score (nSPS) is 14.8. The maximum Gasteiger partial charge on any atom is 0.239 e. The second-order valence-corrected chi connectivity index (χ2v) is 7.84. The zero-order chi connectivity index (χ0) is 22.6. The van der Waals surface area contributed by atoms with Crippen LogP contribution < -0.4 is 20.9 Å². The number of carbonyl (C=O) groups is 1. The van der Waals surface area contributed by atoms with Crippen LogP contribution in [-0.4, -0.2) is 51.2 Å². The Hall–Kier alpha value is -2.33. The number of nitrogens with one attached hydrogen (secondary N) is 3. The first-order valence-electron chi connectivity index (χ1n) is 11.4. The molecule has 0 aliphatic carbocycles. The SMILES string of the molecule is CCNC(=NCc1ccc(N2CCNC(=O)C2)cc1)NCCCOC(C)c1ccccc1.I. The number of nitrogens with zero attached hydrogens (tertiary/aromatic N) is 2. The zero-order valence-electron chi connectivity index (χ0n) is 19.5. The number of guanidine groups is 1. The van der Waals surface area contributed by atoms with Gasteiger partial charge >= 0.3 is 0 Å². The molecule has 2 aromatic rings. The second kappa shape index (κ2) is 14.7. The molecule has 7 nitrogen and oxygen atoms in total. The molecular formula is C25H36IN5O2. The van der Waals surface area contributed by atoms with E-state index in [0.717, 1.165) is 43.3 Å². The van der Waals surface area contributed by atoms with Gasteiger partial charge in [-0.1, -0.05) is 42.5 Å². The number of halogens is 1. The summed E-state index contributed by atoms with van der Waals surface area (Å²) >= 11 is 0. The molecule has 1 saturated heterocycles. The highest BCUT2D eigenvalue weighted by Crippen LogP contribution is 2.17. The largest absolute Gasteiger partial charge is 0.374 e. The van der Waals surface area contributed by atoms with Crippen LogP contribution in [0.15, 0.2) is 59.6 Å². The van der Waals surface area contributed by atoms with E-state index in [4.69, 9.17) is 9.73 Å². The highest BCUT2D eigenvalue weighted by atomic mass is 127. The molecule has 1 aliphatic heterocycles. The van der Waals surface area contributed by atoms with Gasteiger partial charge in [0.1, 0.15) is 0 Å². The smallest absolute Gasteiger partial charge is 0.239 e. The van der Waals surface area contributed by atoms with Crippen LogP contribution in [0.1, 0.15) is 37.5 Å². The summed E-state index contributed by atoms with van der Waals surface area (Å²) in [6.45, 7) is 8.98. The van der Waals surface area contributed by atoms with Crippen molar-refractivity contribution in [1.82, 2.24) is 16.0 Å². The van der Waals surface area contributed by atoms with E-state index in [1.165, 1.54) is 5.56 Å². The topological polar surface area (TPSA) is 78.0 Å².